The van der Waals surface area contributed by atoms with Crippen molar-refractivity contribution in [3.8, 4) is 5.69 Å². The standard InChI is InChI=1S/C14H15F3IN3/c1-14(2,3)6-10-12(18)13(19)21(20-10)7-4-8(15)11(17)9(16)5-7/h4-5H,6,19H2,1-3H3. The van der Waals surface area contributed by atoms with Crippen LogP contribution in [0.2, 0.25) is 0 Å². The molecule has 1 aromatic carbocycles. The first kappa shape index (κ1) is 16.1. The van der Waals surface area contributed by atoms with Gasteiger partial charge in [-0.15, -0.1) is 0 Å². The highest BCUT2D eigenvalue weighted by molar-refractivity contribution is 14.1. The van der Waals surface area contributed by atoms with Gasteiger partial charge >= 0.3 is 0 Å². The highest BCUT2D eigenvalue weighted by atomic mass is 127. The van der Waals surface area contributed by atoms with E-state index in [4.69, 9.17) is 5.73 Å². The molecule has 2 aromatic rings. The molecule has 0 fully saturated rings. The van der Waals surface area contributed by atoms with E-state index in [9.17, 15) is 13.2 Å². The summed E-state index contributed by atoms with van der Waals surface area (Å²) in [5.74, 6) is -3.77. The summed E-state index contributed by atoms with van der Waals surface area (Å²) in [5.41, 5.74) is 6.74. The topological polar surface area (TPSA) is 43.8 Å². The number of nitrogen functional groups attached to an aromatic ring is 1. The summed E-state index contributed by atoms with van der Waals surface area (Å²) in [6.07, 6.45) is 0.661. The molecule has 3 nitrogen and oxygen atoms in total. The molecule has 0 unspecified atom stereocenters. The van der Waals surface area contributed by atoms with Gasteiger partial charge in [0, 0.05) is 12.1 Å². The van der Waals surface area contributed by atoms with E-state index < -0.39 is 17.5 Å². The molecule has 1 heterocycles. The molecular weight excluding hydrogens is 394 g/mol. The molecule has 1 aromatic heterocycles. The summed E-state index contributed by atoms with van der Waals surface area (Å²) in [6.45, 7) is 6.15. The van der Waals surface area contributed by atoms with Crippen LogP contribution >= 0.6 is 22.6 Å². The fourth-order valence-electron chi connectivity index (χ4n) is 1.94. The predicted octanol–water partition coefficient (Wildman–Crippen LogP) is 4.07. The van der Waals surface area contributed by atoms with Crippen molar-refractivity contribution in [3.63, 3.8) is 0 Å². The van der Waals surface area contributed by atoms with Gasteiger partial charge in [0.2, 0.25) is 0 Å². The maximum atomic E-state index is 13.3. The van der Waals surface area contributed by atoms with E-state index in [-0.39, 0.29) is 16.9 Å². The SMILES string of the molecule is CC(C)(C)Cc1nn(-c2cc(F)c(F)c(F)c2)c(N)c1I. The van der Waals surface area contributed by atoms with Crippen LogP contribution in [0.1, 0.15) is 26.5 Å². The van der Waals surface area contributed by atoms with Crippen molar-refractivity contribution < 1.29 is 13.2 Å². The first-order valence-corrected chi connectivity index (χ1v) is 7.36. The van der Waals surface area contributed by atoms with E-state index in [2.05, 4.69) is 25.9 Å². The van der Waals surface area contributed by atoms with Crippen LogP contribution in [-0.4, -0.2) is 9.78 Å². The van der Waals surface area contributed by atoms with Crippen molar-refractivity contribution in [1.29, 1.82) is 0 Å². The van der Waals surface area contributed by atoms with Crippen molar-refractivity contribution in [3.05, 3.63) is 38.8 Å². The third kappa shape index (κ3) is 3.33. The minimum absolute atomic E-state index is 0.00909. The van der Waals surface area contributed by atoms with Gasteiger partial charge in [0.1, 0.15) is 5.82 Å². The second-order valence-corrected chi connectivity index (χ2v) is 7.10. The van der Waals surface area contributed by atoms with Crippen LogP contribution < -0.4 is 5.73 Å². The first-order valence-electron chi connectivity index (χ1n) is 6.28. The lowest BCUT2D eigenvalue weighted by molar-refractivity contribution is 0.404. The summed E-state index contributed by atoms with van der Waals surface area (Å²) in [7, 11) is 0. The van der Waals surface area contributed by atoms with Gasteiger partial charge in [0.25, 0.3) is 0 Å². The Morgan fingerprint density at radius 1 is 1.19 bits per heavy atom. The molecule has 0 aliphatic heterocycles. The fourth-order valence-corrected chi connectivity index (χ4v) is 2.46. The quantitative estimate of drug-likeness (QED) is 0.601. The molecule has 0 atom stereocenters. The largest absolute Gasteiger partial charge is 0.383 e. The third-order valence-corrected chi connectivity index (χ3v) is 4.01. The number of anilines is 1. The van der Waals surface area contributed by atoms with Gasteiger partial charge in [-0.3, -0.25) is 0 Å². The van der Waals surface area contributed by atoms with Gasteiger partial charge in [-0.2, -0.15) is 5.10 Å². The molecule has 0 amide bonds. The van der Waals surface area contributed by atoms with Crippen LogP contribution in [0.3, 0.4) is 0 Å². The Balaban J connectivity index is 2.53. The van der Waals surface area contributed by atoms with E-state index in [0.717, 1.165) is 21.4 Å². The maximum Gasteiger partial charge on any atom is 0.194 e. The summed E-state index contributed by atoms with van der Waals surface area (Å²) < 4.78 is 41.7. The van der Waals surface area contributed by atoms with Crippen molar-refractivity contribution in [2.45, 2.75) is 27.2 Å². The number of aromatic nitrogens is 2. The molecule has 0 aliphatic rings. The second kappa shape index (κ2) is 5.51. The number of halogens is 4. The lowest BCUT2D eigenvalue weighted by Crippen LogP contribution is -2.11. The normalized spacial score (nSPS) is 12.0. The van der Waals surface area contributed by atoms with E-state index in [0.29, 0.717) is 6.42 Å². The van der Waals surface area contributed by atoms with Gasteiger partial charge in [-0.25, -0.2) is 17.9 Å². The second-order valence-electron chi connectivity index (χ2n) is 6.02. The number of hydrogen-bond acceptors (Lipinski definition) is 2. The smallest absolute Gasteiger partial charge is 0.194 e. The van der Waals surface area contributed by atoms with Crippen molar-refractivity contribution in [2.24, 2.45) is 5.41 Å². The zero-order chi connectivity index (χ0) is 15.9. The molecule has 0 bridgehead atoms. The molecule has 2 rings (SSSR count). The summed E-state index contributed by atoms with van der Waals surface area (Å²) >= 11 is 2.05. The first-order chi connectivity index (χ1) is 9.60. The van der Waals surface area contributed by atoms with Crippen LogP contribution in [0, 0.1) is 26.4 Å². The van der Waals surface area contributed by atoms with Crippen LogP contribution in [0.15, 0.2) is 12.1 Å². The van der Waals surface area contributed by atoms with Gasteiger partial charge < -0.3 is 5.73 Å². The minimum atomic E-state index is -1.51. The Labute approximate surface area is 134 Å². The number of nitrogens with two attached hydrogens (primary N) is 1. The Hall–Kier alpha value is -1.25. The van der Waals surface area contributed by atoms with E-state index in [1.54, 1.807) is 0 Å². The van der Waals surface area contributed by atoms with Crippen molar-refractivity contribution >= 4 is 28.4 Å². The fraction of sp³-hybridized carbons (Fsp3) is 0.357. The third-order valence-electron chi connectivity index (χ3n) is 2.84. The molecule has 21 heavy (non-hydrogen) atoms. The zero-order valence-electron chi connectivity index (χ0n) is 11.8. The van der Waals surface area contributed by atoms with E-state index >= 15 is 0 Å². The molecule has 0 saturated carbocycles. The molecule has 114 valence electrons. The van der Waals surface area contributed by atoms with Gasteiger partial charge in [0.15, 0.2) is 17.5 Å². The summed E-state index contributed by atoms with van der Waals surface area (Å²) in [6, 6.07) is 1.75. The minimum Gasteiger partial charge on any atom is -0.383 e. The average molecular weight is 409 g/mol. The summed E-state index contributed by atoms with van der Waals surface area (Å²) in [4.78, 5) is 0. The van der Waals surface area contributed by atoms with Crippen LogP contribution in [-0.2, 0) is 6.42 Å². The molecule has 0 aliphatic carbocycles. The lowest BCUT2D eigenvalue weighted by atomic mass is 9.91. The summed E-state index contributed by atoms with van der Waals surface area (Å²) in [5, 5.41) is 4.31. The van der Waals surface area contributed by atoms with Crippen molar-refractivity contribution in [1.82, 2.24) is 9.78 Å². The van der Waals surface area contributed by atoms with Crippen molar-refractivity contribution in [2.75, 3.05) is 5.73 Å². The average Bonchev–Trinajstić information content (AvgIpc) is 2.62. The van der Waals surface area contributed by atoms with E-state index in [1.807, 2.05) is 22.6 Å². The number of nitrogens with zero attached hydrogens (tertiary/aromatic N) is 2. The van der Waals surface area contributed by atoms with Gasteiger partial charge in [-0.1, -0.05) is 20.8 Å². The number of hydrogen-bond donors (Lipinski definition) is 1. The van der Waals surface area contributed by atoms with Gasteiger partial charge in [-0.05, 0) is 34.4 Å². The van der Waals surface area contributed by atoms with Crippen LogP contribution in [0.5, 0.6) is 0 Å². The maximum absolute atomic E-state index is 13.3. The van der Waals surface area contributed by atoms with E-state index in [1.165, 1.54) is 4.68 Å². The molecule has 0 spiro atoms. The molecule has 7 heteroatoms. The molecule has 0 radical (unpaired) electrons. The van der Waals surface area contributed by atoms with Gasteiger partial charge in [0.05, 0.1) is 15.0 Å². The van der Waals surface area contributed by atoms with Crippen LogP contribution in [0.25, 0.3) is 5.69 Å². The number of rotatable bonds is 2. The zero-order valence-corrected chi connectivity index (χ0v) is 14.0. The molecular formula is C14H15F3IN3. The number of benzene rings is 1. The Bertz CT molecular complexity index is 666. The Morgan fingerprint density at radius 2 is 1.71 bits per heavy atom. The highest BCUT2D eigenvalue weighted by Crippen LogP contribution is 2.29. The Kier molecular flexibility index (Phi) is 4.23. The monoisotopic (exact) mass is 409 g/mol. The van der Waals surface area contributed by atoms with Crippen LogP contribution in [0.4, 0.5) is 19.0 Å². The lowest BCUT2D eigenvalue weighted by Gasteiger charge is -2.16. The molecule has 2 N–H and O–H groups in total. The highest BCUT2D eigenvalue weighted by Gasteiger charge is 2.21. The molecule has 0 saturated heterocycles. The Morgan fingerprint density at radius 3 is 2.19 bits per heavy atom. The predicted molar refractivity (Wildman–Crippen MR) is 83.7 cm³/mol.